The summed E-state index contributed by atoms with van der Waals surface area (Å²) in [5.41, 5.74) is 1.08. The zero-order valence-corrected chi connectivity index (χ0v) is 16.6. The lowest BCUT2D eigenvalue weighted by Gasteiger charge is -2.22. The molecule has 1 saturated carbocycles. The first-order valence-corrected chi connectivity index (χ1v) is 10.1. The molecule has 4 rings (SSSR count). The molecule has 1 aromatic carbocycles. The Balaban J connectivity index is 1.50. The summed E-state index contributed by atoms with van der Waals surface area (Å²) in [5.74, 6) is 0.532. The Labute approximate surface area is 172 Å². The lowest BCUT2D eigenvalue weighted by atomic mass is 9.95. The standard InChI is InChI=1S/C21H21ClN4O3/c22-16-9-6-14(7-10-16)20-24-21(29-25-20)15-8-11-19(28)26(12-15)13-18(27)23-17-4-2-1-3-5-17/h6-12,17H,1-5,13H2,(H,23,27). The highest BCUT2D eigenvalue weighted by Gasteiger charge is 2.17. The van der Waals surface area contributed by atoms with Crippen molar-refractivity contribution in [1.82, 2.24) is 20.0 Å². The fourth-order valence-corrected chi connectivity index (χ4v) is 3.64. The van der Waals surface area contributed by atoms with Gasteiger partial charge in [0.25, 0.3) is 11.4 Å². The normalized spacial score (nSPS) is 14.7. The second kappa shape index (κ2) is 8.61. The third-order valence-electron chi connectivity index (χ3n) is 5.04. The number of carbonyl (C=O) groups excluding carboxylic acids is 1. The second-order valence-electron chi connectivity index (χ2n) is 7.22. The molecule has 0 radical (unpaired) electrons. The summed E-state index contributed by atoms with van der Waals surface area (Å²) >= 11 is 5.91. The van der Waals surface area contributed by atoms with Gasteiger partial charge >= 0.3 is 0 Å². The van der Waals surface area contributed by atoms with Crippen molar-refractivity contribution in [2.45, 2.75) is 44.7 Å². The van der Waals surface area contributed by atoms with Crippen molar-refractivity contribution >= 4 is 17.5 Å². The molecular weight excluding hydrogens is 392 g/mol. The molecule has 2 heterocycles. The molecule has 2 aromatic heterocycles. The Hall–Kier alpha value is -2.93. The highest BCUT2D eigenvalue weighted by molar-refractivity contribution is 6.30. The predicted molar refractivity (Wildman–Crippen MR) is 109 cm³/mol. The molecule has 1 fully saturated rings. The number of hydrogen-bond acceptors (Lipinski definition) is 5. The van der Waals surface area contributed by atoms with Gasteiger partial charge in [0.15, 0.2) is 0 Å². The molecular formula is C21H21ClN4O3. The fourth-order valence-electron chi connectivity index (χ4n) is 3.51. The van der Waals surface area contributed by atoms with Crippen LogP contribution in [-0.4, -0.2) is 26.7 Å². The van der Waals surface area contributed by atoms with Gasteiger partial charge in [-0.15, -0.1) is 0 Å². The van der Waals surface area contributed by atoms with E-state index in [-0.39, 0.29) is 29.9 Å². The number of hydrogen-bond donors (Lipinski definition) is 1. The zero-order valence-electron chi connectivity index (χ0n) is 15.8. The third-order valence-corrected chi connectivity index (χ3v) is 5.30. The summed E-state index contributed by atoms with van der Waals surface area (Å²) < 4.78 is 6.71. The SMILES string of the molecule is O=C(Cn1cc(-c2nc(-c3ccc(Cl)cc3)no2)ccc1=O)NC1CCCCC1. The summed E-state index contributed by atoms with van der Waals surface area (Å²) in [6.45, 7) is -0.0403. The van der Waals surface area contributed by atoms with Gasteiger partial charge in [-0.1, -0.05) is 36.0 Å². The van der Waals surface area contributed by atoms with Crippen molar-refractivity contribution < 1.29 is 9.32 Å². The minimum Gasteiger partial charge on any atom is -0.352 e. The molecule has 0 atom stereocenters. The van der Waals surface area contributed by atoms with Crippen molar-refractivity contribution in [1.29, 1.82) is 0 Å². The van der Waals surface area contributed by atoms with Gasteiger partial charge in [-0.25, -0.2) is 0 Å². The fraction of sp³-hybridized carbons (Fsp3) is 0.333. The van der Waals surface area contributed by atoms with Gasteiger partial charge in [0, 0.05) is 28.9 Å². The lowest BCUT2D eigenvalue weighted by Crippen LogP contribution is -2.39. The molecule has 0 saturated heterocycles. The van der Waals surface area contributed by atoms with Crippen LogP contribution in [0.3, 0.4) is 0 Å². The van der Waals surface area contributed by atoms with Crippen LogP contribution in [0.25, 0.3) is 22.8 Å². The third kappa shape index (κ3) is 4.74. The van der Waals surface area contributed by atoms with Crippen molar-refractivity contribution in [3.8, 4) is 22.8 Å². The van der Waals surface area contributed by atoms with E-state index in [1.54, 1.807) is 36.5 Å². The van der Waals surface area contributed by atoms with Crippen LogP contribution < -0.4 is 10.9 Å². The first-order chi connectivity index (χ1) is 14.1. The first kappa shape index (κ1) is 19.4. The number of nitrogens with one attached hydrogen (secondary N) is 1. The van der Waals surface area contributed by atoms with Gasteiger partial charge in [0.1, 0.15) is 6.54 Å². The highest BCUT2D eigenvalue weighted by atomic mass is 35.5. The van der Waals surface area contributed by atoms with E-state index in [0.717, 1.165) is 31.2 Å². The Morgan fingerprint density at radius 2 is 1.83 bits per heavy atom. The van der Waals surface area contributed by atoms with Crippen LogP contribution in [0.15, 0.2) is 51.9 Å². The van der Waals surface area contributed by atoms with Crippen molar-refractivity contribution in [2.24, 2.45) is 0 Å². The van der Waals surface area contributed by atoms with E-state index in [4.69, 9.17) is 16.1 Å². The molecule has 0 spiro atoms. The van der Waals surface area contributed by atoms with E-state index in [1.807, 2.05) is 0 Å². The predicted octanol–water partition coefficient (Wildman–Crippen LogP) is 3.67. The first-order valence-electron chi connectivity index (χ1n) is 9.68. The molecule has 29 heavy (non-hydrogen) atoms. The number of carbonyl (C=O) groups is 1. The van der Waals surface area contributed by atoms with Crippen LogP contribution in [0.1, 0.15) is 32.1 Å². The maximum absolute atomic E-state index is 12.4. The summed E-state index contributed by atoms with van der Waals surface area (Å²) in [4.78, 5) is 28.9. The topological polar surface area (TPSA) is 90.0 Å². The van der Waals surface area contributed by atoms with E-state index in [1.165, 1.54) is 17.1 Å². The number of halogens is 1. The van der Waals surface area contributed by atoms with Crippen LogP contribution in [-0.2, 0) is 11.3 Å². The van der Waals surface area contributed by atoms with Gasteiger partial charge in [-0.2, -0.15) is 4.98 Å². The summed E-state index contributed by atoms with van der Waals surface area (Å²) in [6.07, 6.45) is 7.05. The van der Waals surface area contributed by atoms with Gasteiger partial charge in [-0.3, -0.25) is 9.59 Å². The number of benzene rings is 1. The maximum atomic E-state index is 12.4. The second-order valence-corrected chi connectivity index (χ2v) is 7.65. The number of rotatable bonds is 5. The van der Waals surface area contributed by atoms with E-state index in [9.17, 15) is 9.59 Å². The van der Waals surface area contributed by atoms with E-state index >= 15 is 0 Å². The van der Waals surface area contributed by atoms with Gasteiger partial charge < -0.3 is 14.4 Å². The quantitative estimate of drug-likeness (QED) is 0.690. The van der Waals surface area contributed by atoms with Crippen LogP contribution >= 0.6 is 11.6 Å². The Kier molecular flexibility index (Phi) is 5.76. The smallest absolute Gasteiger partial charge is 0.259 e. The average molecular weight is 413 g/mol. The molecule has 3 aromatic rings. The molecule has 1 aliphatic carbocycles. The molecule has 0 aliphatic heterocycles. The minimum atomic E-state index is -0.259. The molecule has 0 unspecified atom stereocenters. The lowest BCUT2D eigenvalue weighted by molar-refractivity contribution is -0.122. The van der Waals surface area contributed by atoms with Crippen molar-refractivity contribution in [3.05, 3.63) is 58.0 Å². The van der Waals surface area contributed by atoms with Crippen molar-refractivity contribution in [3.63, 3.8) is 0 Å². The largest absolute Gasteiger partial charge is 0.352 e. The van der Waals surface area contributed by atoms with E-state index < -0.39 is 0 Å². The molecule has 7 nitrogen and oxygen atoms in total. The van der Waals surface area contributed by atoms with Crippen LogP contribution in [0.2, 0.25) is 5.02 Å². The molecule has 150 valence electrons. The van der Waals surface area contributed by atoms with E-state index in [2.05, 4.69) is 15.5 Å². The van der Waals surface area contributed by atoms with E-state index in [0.29, 0.717) is 16.4 Å². The Morgan fingerprint density at radius 3 is 2.59 bits per heavy atom. The van der Waals surface area contributed by atoms with Crippen LogP contribution in [0.5, 0.6) is 0 Å². The summed E-state index contributed by atoms with van der Waals surface area (Å²) in [5, 5.41) is 7.63. The van der Waals surface area contributed by atoms with Crippen LogP contribution in [0.4, 0.5) is 0 Å². The highest BCUT2D eigenvalue weighted by Crippen LogP contribution is 2.23. The van der Waals surface area contributed by atoms with Gasteiger partial charge in [0.05, 0.1) is 5.56 Å². The van der Waals surface area contributed by atoms with Crippen molar-refractivity contribution in [2.75, 3.05) is 0 Å². The Morgan fingerprint density at radius 1 is 1.10 bits per heavy atom. The summed E-state index contributed by atoms with van der Waals surface area (Å²) in [7, 11) is 0. The van der Waals surface area contributed by atoms with Gasteiger partial charge in [0.2, 0.25) is 11.7 Å². The number of pyridine rings is 1. The minimum absolute atomic E-state index is 0.0403. The molecule has 0 bridgehead atoms. The monoisotopic (exact) mass is 412 g/mol. The zero-order chi connectivity index (χ0) is 20.2. The Bertz CT molecular complexity index is 1050. The average Bonchev–Trinajstić information content (AvgIpc) is 3.21. The molecule has 1 aliphatic rings. The number of nitrogens with zero attached hydrogens (tertiary/aromatic N) is 3. The molecule has 8 heteroatoms. The molecule has 1 N–H and O–H groups in total. The number of amides is 1. The van der Waals surface area contributed by atoms with Crippen LogP contribution in [0, 0.1) is 0 Å². The summed E-state index contributed by atoms with van der Waals surface area (Å²) in [6, 6.07) is 10.3. The van der Waals surface area contributed by atoms with Gasteiger partial charge in [-0.05, 0) is 43.2 Å². The maximum Gasteiger partial charge on any atom is 0.259 e. The number of aromatic nitrogens is 3. The molecule has 1 amide bonds.